The van der Waals surface area contributed by atoms with Crippen molar-refractivity contribution in [3.63, 3.8) is 0 Å². The molecule has 0 radical (unpaired) electrons. The van der Waals surface area contributed by atoms with Crippen LogP contribution in [0.1, 0.15) is 40.8 Å². The van der Waals surface area contributed by atoms with Crippen LogP contribution in [0.2, 0.25) is 0 Å². The lowest BCUT2D eigenvalue weighted by Gasteiger charge is -2.12. The zero-order valence-corrected chi connectivity index (χ0v) is 12.9. The van der Waals surface area contributed by atoms with Gasteiger partial charge >= 0.3 is 0 Å². The molecule has 112 valence electrons. The maximum atomic E-state index is 12.5. The average Bonchev–Trinajstić information content (AvgIpc) is 2.77. The van der Waals surface area contributed by atoms with Crippen LogP contribution >= 0.6 is 0 Å². The molecule has 0 fully saturated rings. The van der Waals surface area contributed by atoms with Gasteiger partial charge in [-0.05, 0) is 33.3 Å². The van der Waals surface area contributed by atoms with Gasteiger partial charge < -0.3 is 10.6 Å². The summed E-state index contributed by atoms with van der Waals surface area (Å²) in [5.74, 6) is -0.186. The Morgan fingerprint density at radius 2 is 2.10 bits per heavy atom. The van der Waals surface area contributed by atoms with Crippen molar-refractivity contribution in [2.24, 2.45) is 0 Å². The minimum Gasteiger partial charge on any atom is -0.384 e. The molecule has 0 aliphatic carbocycles. The van der Waals surface area contributed by atoms with Gasteiger partial charge in [0.15, 0.2) is 0 Å². The highest BCUT2D eigenvalue weighted by Crippen LogP contribution is 2.21. The molecule has 0 atom stereocenters. The lowest BCUT2D eigenvalue weighted by Crippen LogP contribution is -2.16. The fourth-order valence-corrected chi connectivity index (χ4v) is 2.06. The monoisotopic (exact) mass is 287 g/mol. The van der Waals surface area contributed by atoms with E-state index in [-0.39, 0.29) is 5.91 Å². The van der Waals surface area contributed by atoms with Crippen LogP contribution in [-0.2, 0) is 0 Å². The van der Waals surface area contributed by atoms with Crippen molar-refractivity contribution < 1.29 is 4.79 Å². The third-order valence-corrected chi connectivity index (χ3v) is 3.22. The van der Waals surface area contributed by atoms with Crippen LogP contribution in [0.15, 0.2) is 12.3 Å². The van der Waals surface area contributed by atoms with Gasteiger partial charge in [0.05, 0.1) is 28.3 Å². The van der Waals surface area contributed by atoms with Gasteiger partial charge in [0.1, 0.15) is 0 Å². The molecule has 3 N–H and O–H groups in total. The average molecular weight is 287 g/mol. The number of hydrogen-bond donors (Lipinski definition) is 3. The zero-order chi connectivity index (χ0) is 15.4. The number of rotatable bonds is 5. The Bertz CT molecular complexity index is 628. The molecular formula is C15H21N5O. The summed E-state index contributed by atoms with van der Waals surface area (Å²) >= 11 is 0. The Morgan fingerprint density at radius 1 is 1.33 bits per heavy atom. The molecule has 6 nitrogen and oxygen atoms in total. The van der Waals surface area contributed by atoms with E-state index < -0.39 is 0 Å². The number of aromatic nitrogens is 3. The SMILES string of the molecule is CCCNc1cc(C)ncc1C(=O)Nc1c(C)n[nH]c1C. The number of hydrogen-bond acceptors (Lipinski definition) is 4. The molecule has 0 unspecified atom stereocenters. The first kappa shape index (κ1) is 15.0. The molecule has 0 aromatic carbocycles. The predicted molar refractivity (Wildman–Crippen MR) is 83.8 cm³/mol. The molecule has 2 rings (SSSR count). The highest BCUT2D eigenvalue weighted by molar-refractivity contribution is 6.08. The van der Waals surface area contributed by atoms with Gasteiger partial charge in [0, 0.05) is 18.4 Å². The quantitative estimate of drug-likeness (QED) is 0.789. The molecule has 0 saturated heterocycles. The van der Waals surface area contributed by atoms with E-state index in [1.54, 1.807) is 6.20 Å². The molecule has 0 bridgehead atoms. The number of carbonyl (C=O) groups excluding carboxylic acids is 1. The van der Waals surface area contributed by atoms with Gasteiger partial charge in [0.25, 0.3) is 5.91 Å². The van der Waals surface area contributed by atoms with E-state index in [4.69, 9.17) is 0 Å². The van der Waals surface area contributed by atoms with Crippen molar-refractivity contribution in [3.05, 3.63) is 34.9 Å². The number of aryl methyl sites for hydroxylation is 3. The van der Waals surface area contributed by atoms with E-state index in [0.29, 0.717) is 5.56 Å². The summed E-state index contributed by atoms with van der Waals surface area (Å²) < 4.78 is 0. The number of nitrogens with zero attached hydrogens (tertiary/aromatic N) is 2. The number of carbonyl (C=O) groups is 1. The number of amides is 1. The summed E-state index contributed by atoms with van der Waals surface area (Å²) in [6.45, 7) is 8.53. The van der Waals surface area contributed by atoms with Crippen molar-refractivity contribution in [2.45, 2.75) is 34.1 Å². The molecule has 2 aromatic rings. The predicted octanol–water partition coefficient (Wildman–Crippen LogP) is 2.80. The van der Waals surface area contributed by atoms with Crippen LogP contribution < -0.4 is 10.6 Å². The molecule has 6 heteroatoms. The van der Waals surface area contributed by atoms with Crippen molar-refractivity contribution >= 4 is 17.3 Å². The van der Waals surface area contributed by atoms with Crippen LogP contribution in [0.4, 0.5) is 11.4 Å². The van der Waals surface area contributed by atoms with Crippen LogP contribution in [0.25, 0.3) is 0 Å². The van der Waals surface area contributed by atoms with Gasteiger partial charge in [-0.25, -0.2) is 0 Å². The van der Waals surface area contributed by atoms with E-state index in [0.717, 1.165) is 41.4 Å². The van der Waals surface area contributed by atoms with Crippen LogP contribution in [0.5, 0.6) is 0 Å². The molecule has 0 aliphatic rings. The van der Waals surface area contributed by atoms with Gasteiger partial charge in [-0.1, -0.05) is 6.92 Å². The van der Waals surface area contributed by atoms with Crippen molar-refractivity contribution in [1.29, 1.82) is 0 Å². The molecule has 2 heterocycles. The maximum absolute atomic E-state index is 12.5. The van der Waals surface area contributed by atoms with E-state index >= 15 is 0 Å². The Kier molecular flexibility index (Phi) is 4.57. The van der Waals surface area contributed by atoms with Crippen LogP contribution in [0, 0.1) is 20.8 Å². The second-order valence-corrected chi connectivity index (χ2v) is 5.06. The Balaban J connectivity index is 2.26. The fourth-order valence-electron chi connectivity index (χ4n) is 2.06. The van der Waals surface area contributed by atoms with Gasteiger partial charge in [0.2, 0.25) is 0 Å². The molecule has 0 aliphatic heterocycles. The molecule has 0 saturated carbocycles. The third-order valence-electron chi connectivity index (χ3n) is 3.22. The third kappa shape index (κ3) is 3.39. The van der Waals surface area contributed by atoms with Gasteiger partial charge in [-0.15, -0.1) is 0 Å². The molecule has 21 heavy (non-hydrogen) atoms. The van der Waals surface area contributed by atoms with Crippen molar-refractivity contribution in [1.82, 2.24) is 15.2 Å². The van der Waals surface area contributed by atoms with Crippen LogP contribution in [0.3, 0.4) is 0 Å². The Morgan fingerprint density at radius 3 is 2.71 bits per heavy atom. The first-order valence-electron chi connectivity index (χ1n) is 7.06. The second-order valence-electron chi connectivity index (χ2n) is 5.06. The summed E-state index contributed by atoms with van der Waals surface area (Å²) in [4.78, 5) is 16.7. The highest BCUT2D eigenvalue weighted by Gasteiger charge is 2.15. The second kappa shape index (κ2) is 6.39. The fraction of sp³-hybridized carbons (Fsp3) is 0.400. The number of aromatic amines is 1. The Labute approximate surface area is 124 Å². The number of pyridine rings is 1. The summed E-state index contributed by atoms with van der Waals surface area (Å²) in [6, 6.07) is 1.89. The largest absolute Gasteiger partial charge is 0.384 e. The van der Waals surface area contributed by atoms with Gasteiger partial charge in [-0.3, -0.25) is 14.9 Å². The maximum Gasteiger partial charge on any atom is 0.259 e. The molecule has 0 spiro atoms. The van der Waals surface area contributed by atoms with Gasteiger partial charge in [-0.2, -0.15) is 5.10 Å². The number of H-pyrrole nitrogens is 1. The van der Waals surface area contributed by atoms with E-state index in [1.807, 2.05) is 26.8 Å². The van der Waals surface area contributed by atoms with E-state index in [2.05, 4.69) is 32.7 Å². The smallest absolute Gasteiger partial charge is 0.259 e. The van der Waals surface area contributed by atoms with E-state index in [9.17, 15) is 4.79 Å². The first-order chi connectivity index (χ1) is 10.0. The topological polar surface area (TPSA) is 82.7 Å². The summed E-state index contributed by atoms with van der Waals surface area (Å²) in [6.07, 6.45) is 2.59. The molecule has 2 aromatic heterocycles. The zero-order valence-electron chi connectivity index (χ0n) is 12.9. The minimum atomic E-state index is -0.186. The first-order valence-corrected chi connectivity index (χ1v) is 7.06. The highest BCUT2D eigenvalue weighted by atomic mass is 16.1. The summed E-state index contributed by atoms with van der Waals surface area (Å²) in [7, 11) is 0. The molecule has 1 amide bonds. The number of anilines is 2. The lowest BCUT2D eigenvalue weighted by molar-refractivity contribution is 0.102. The normalized spacial score (nSPS) is 10.5. The summed E-state index contributed by atoms with van der Waals surface area (Å²) in [5.41, 5.74) is 4.55. The van der Waals surface area contributed by atoms with Crippen molar-refractivity contribution in [3.8, 4) is 0 Å². The minimum absolute atomic E-state index is 0.186. The van der Waals surface area contributed by atoms with E-state index in [1.165, 1.54) is 0 Å². The number of nitrogens with one attached hydrogen (secondary N) is 3. The lowest BCUT2D eigenvalue weighted by atomic mass is 10.2. The summed E-state index contributed by atoms with van der Waals surface area (Å²) in [5, 5.41) is 13.1. The standard InChI is InChI=1S/C15H21N5O/c1-5-6-16-13-7-9(2)17-8-12(13)15(21)18-14-10(3)19-20-11(14)4/h7-8H,5-6H2,1-4H3,(H,16,17)(H,18,21)(H,19,20). The van der Waals surface area contributed by atoms with Crippen LogP contribution in [-0.4, -0.2) is 27.6 Å². The Hall–Kier alpha value is -2.37. The molecular weight excluding hydrogens is 266 g/mol. The van der Waals surface area contributed by atoms with Crippen molar-refractivity contribution in [2.75, 3.05) is 17.2 Å².